The summed E-state index contributed by atoms with van der Waals surface area (Å²) in [5, 5.41) is 86.2. The fourth-order valence-electron chi connectivity index (χ4n) is 4.51. The average Bonchev–Trinajstić information content (AvgIpc) is 3.03. The predicted molar refractivity (Wildman–Crippen MR) is 163 cm³/mol. The van der Waals surface area contributed by atoms with Gasteiger partial charge >= 0.3 is 17.9 Å². The van der Waals surface area contributed by atoms with E-state index in [2.05, 4.69) is 0 Å². The van der Waals surface area contributed by atoms with Gasteiger partial charge in [-0.15, -0.1) is 0 Å². The molecule has 231 valence electrons. The Morgan fingerprint density at radius 3 is 0.761 bits per heavy atom. The van der Waals surface area contributed by atoms with E-state index >= 15 is 0 Å². The fourth-order valence-corrected chi connectivity index (χ4v) is 4.51. The molecule has 0 amide bonds. The van der Waals surface area contributed by atoms with Crippen molar-refractivity contribution in [2.24, 2.45) is 0 Å². The third kappa shape index (κ3) is 7.07. The summed E-state index contributed by atoms with van der Waals surface area (Å²) >= 11 is 0. The van der Waals surface area contributed by atoms with Gasteiger partial charge in [0.15, 0.2) is 0 Å². The molecule has 0 aliphatic carbocycles. The van der Waals surface area contributed by atoms with Crippen LogP contribution in [-0.4, -0.2) is 63.9 Å². The second-order valence-corrected chi connectivity index (χ2v) is 9.43. The minimum absolute atomic E-state index is 0. The largest absolute Gasteiger partial charge is 0.507 e. The normalized spacial score (nSPS) is 10.2. The van der Waals surface area contributed by atoms with Gasteiger partial charge in [0.25, 0.3) is 0 Å². The van der Waals surface area contributed by atoms with Crippen LogP contribution >= 0.6 is 0 Å². The maximum atomic E-state index is 10.7. The zero-order valence-electron chi connectivity index (χ0n) is 23.5. The van der Waals surface area contributed by atoms with Crippen LogP contribution in [0.4, 0.5) is 0 Å². The molecule has 0 saturated carbocycles. The van der Waals surface area contributed by atoms with Crippen LogP contribution in [0.2, 0.25) is 0 Å². The average molecular weight is 751 g/mol. The van der Waals surface area contributed by atoms with E-state index in [1.54, 1.807) is 72.8 Å². The Balaban J connectivity index is 0.000000186. The predicted octanol–water partition coefficient (Wildman–Crippen LogP) is 5.85. The molecule has 0 aromatic heterocycles. The van der Waals surface area contributed by atoms with Crippen LogP contribution in [0.3, 0.4) is 0 Å². The SMILES string of the molecule is O=C(O)c1cc(O)c2ccccc2c1O.O=C(O)c1cc(O)c2ccccc2c1O.O=C(O)c1cc(O)c2ccccc2c1O.[La]. The van der Waals surface area contributed by atoms with E-state index in [1.807, 2.05) is 0 Å². The second kappa shape index (κ2) is 14.5. The molecular formula is C33H24LaO12. The number of carboxylic acids is 3. The second-order valence-electron chi connectivity index (χ2n) is 9.43. The van der Waals surface area contributed by atoms with Gasteiger partial charge in [-0.2, -0.15) is 0 Å². The first-order valence-corrected chi connectivity index (χ1v) is 12.8. The summed E-state index contributed by atoms with van der Waals surface area (Å²) in [5.74, 6) is -5.24. The molecule has 0 atom stereocenters. The van der Waals surface area contributed by atoms with Gasteiger partial charge in [-0.05, 0) is 18.2 Å². The molecule has 0 unspecified atom stereocenters. The van der Waals surface area contributed by atoms with Gasteiger partial charge in [-0.1, -0.05) is 72.8 Å². The molecule has 0 heterocycles. The van der Waals surface area contributed by atoms with Crippen LogP contribution in [0.5, 0.6) is 34.5 Å². The molecule has 6 aromatic rings. The van der Waals surface area contributed by atoms with E-state index in [1.165, 1.54) is 0 Å². The summed E-state index contributed by atoms with van der Waals surface area (Å²) in [5.41, 5.74) is -0.899. The van der Waals surface area contributed by atoms with Crippen LogP contribution in [0.15, 0.2) is 91.0 Å². The number of aromatic carboxylic acids is 3. The molecule has 0 aliphatic rings. The van der Waals surface area contributed by atoms with Gasteiger partial charge in [0.2, 0.25) is 0 Å². The van der Waals surface area contributed by atoms with Crippen LogP contribution in [0.25, 0.3) is 32.3 Å². The standard InChI is InChI=1S/3C11H8O4.La/c3*12-9-5-8(11(14)15)10(13)7-4-2-1-3-6(7)9;/h3*1-5,12-13H,(H,14,15);. The molecule has 12 nitrogen and oxygen atoms in total. The molecule has 0 bridgehead atoms. The molecule has 9 N–H and O–H groups in total. The van der Waals surface area contributed by atoms with Crippen molar-refractivity contribution in [3.63, 3.8) is 0 Å². The van der Waals surface area contributed by atoms with Gasteiger partial charge < -0.3 is 46.0 Å². The zero-order valence-corrected chi connectivity index (χ0v) is 27.1. The maximum absolute atomic E-state index is 10.7. The summed E-state index contributed by atoms with van der Waals surface area (Å²) < 4.78 is 0. The fraction of sp³-hybridized carbons (Fsp3) is 0. The summed E-state index contributed by atoms with van der Waals surface area (Å²) in [4.78, 5) is 32.2. The summed E-state index contributed by atoms with van der Waals surface area (Å²) in [6.07, 6.45) is 0. The quantitative estimate of drug-likeness (QED) is 0.0970. The number of benzene rings is 6. The molecular weight excluding hydrogens is 727 g/mol. The van der Waals surface area contributed by atoms with Crippen LogP contribution < -0.4 is 0 Å². The molecule has 0 aliphatic heterocycles. The Morgan fingerprint density at radius 1 is 0.370 bits per heavy atom. The van der Waals surface area contributed by atoms with E-state index in [4.69, 9.17) is 15.3 Å². The number of carbonyl (C=O) groups is 3. The molecule has 13 heteroatoms. The van der Waals surface area contributed by atoms with E-state index in [0.29, 0.717) is 32.3 Å². The van der Waals surface area contributed by atoms with Crippen molar-refractivity contribution in [1.29, 1.82) is 0 Å². The van der Waals surface area contributed by atoms with Crippen molar-refractivity contribution in [2.75, 3.05) is 0 Å². The van der Waals surface area contributed by atoms with Crippen molar-refractivity contribution >= 4 is 50.2 Å². The number of carboxylic acid groups (broad SMARTS) is 3. The Kier molecular flexibility index (Phi) is 11.0. The summed E-state index contributed by atoms with van der Waals surface area (Å²) in [6, 6.07) is 22.7. The van der Waals surface area contributed by atoms with Crippen molar-refractivity contribution in [3.8, 4) is 34.5 Å². The monoisotopic (exact) mass is 751 g/mol. The van der Waals surface area contributed by atoms with Crippen LogP contribution in [0, 0.1) is 35.6 Å². The number of hydrogen-bond acceptors (Lipinski definition) is 9. The van der Waals surface area contributed by atoms with Crippen molar-refractivity contribution < 1.29 is 95.9 Å². The minimum Gasteiger partial charge on any atom is -0.507 e. The zero-order chi connectivity index (χ0) is 33.0. The minimum atomic E-state index is -1.27. The van der Waals surface area contributed by atoms with Crippen molar-refractivity contribution in [2.45, 2.75) is 0 Å². The first kappa shape index (κ1) is 35.0. The number of fused-ring (bicyclic) bond motifs is 3. The first-order chi connectivity index (χ1) is 21.3. The third-order valence-corrected chi connectivity index (χ3v) is 6.67. The van der Waals surface area contributed by atoms with Crippen molar-refractivity contribution in [1.82, 2.24) is 0 Å². The third-order valence-electron chi connectivity index (χ3n) is 6.67. The summed E-state index contributed by atoms with van der Waals surface area (Å²) in [7, 11) is 0. The van der Waals surface area contributed by atoms with Gasteiger partial charge in [0.05, 0.1) is 0 Å². The Labute approximate surface area is 286 Å². The van der Waals surface area contributed by atoms with Gasteiger partial charge in [-0.3, -0.25) is 0 Å². The number of phenols is 6. The van der Waals surface area contributed by atoms with Crippen LogP contribution in [0.1, 0.15) is 31.1 Å². The van der Waals surface area contributed by atoms with Crippen LogP contribution in [-0.2, 0) is 0 Å². The van der Waals surface area contributed by atoms with Gasteiger partial charge in [0, 0.05) is 67.9 Å². The Bertz CT molecular complexity index is 1880. The Hall–Kier alpha value is -5.50. The number of hydrogen-bond donors (Lipinski definition) is 9. The van der Waals surface area contributed by atoms with Gasteiger partial charge in [0.1, 0.15) is 51.2 Å². The maximum Gasteiger partial charge on any atom is 0.339 e. The Morgan fingerprint density at radius 2 is 0.565 bits per heavy atom. The number of aromatic hydroxyl groups is 6. The van der Waals surface area contributed by atoms with Crippen molar-refractivity contribution in [3.05, 3.63) is 108 Å². The molecule has 0 saturated heterocycles. The number of rotatable bonds is 3. The van der Waals surface area contributed by atoms with E-state index in [0.717, 1.165) is 18.2 Å². The molecule has 6 rings (SSSR count). The molecule has 1 radical (unpaired) electrons. The van der Waals surface area contributed by atoms with Gasteiger partial charge in [-0.25, -0.2) is 14.4 Å². The molecule has 6 aromatic carbocycles. The molecule has 0 fully saturated rings. The summed E-state index contributed by atoms with van der Waals surface area (Å²) in [6.45, 7) is 0. The number of phenolic OH excluding ortho intramolecular Hbond substituents is 3. The molecule has 46 heavy (non-hydrogen) atoms. The first-order valence-electron chi connectivity index (χ1n) is 12.8. The van der Waals surface area contributed by atoms with E-state index in [-0.39, 0.29) is 86.8 Å². The van der Waals surface area contributed by atoms with E-state index < -0.39 is 17.9 Å². The topological polar surface area (TPSA) is 233 Å². The molecule has 0 spiro atoms. The van der Waals surface area contributed by atoms with E-state index in [9.17, 15) is 45.0 Å². The smallest absolute Gasteiger partial charge is 0.339 e.